The average molecular weight is 184 g/mol. The van der Waals surface area contributed by atoms with Crippen LogP contribution in [0.2, 0.25) is 0 Å². The van der Waals surface area contributed by atoms with Gasteiger partial charge in [-0.15, -0.1) is 0 Å². The van der Waals surface area contributed by atoms with Crippen LogP contribution in [-0.4, -0.2) is 11.7 Å². The minimum atomic E-state index is 0.0220. The van der Waals surface area contributed by atoms with Gasteiger partial charge in [-0.2, -0.15) is 0 Å². The molecule has 0 unspecified atom stereocenters. The van der Waals surface area contributed by atoms with Gasteiger partial charge in [0.05, 0.1) is 11.7 Å². The largest absolute Gasteiger partial charge is 0.364 e. The molecule has 1 aliphatic rings. The lowest BCUT2D eigenvalue weighted by Gasteiger charge is -2.18. The van der Waals surface area contributed by atoms with Crippen molar-refractivity contribution in [2.24, 2.45) is 5.41 Å². The Morgan fingerprint density at radius 2 is 1.15 bits per heavy atom. The zero-order chi connectivity index (χ0) is 10.7. The molecule has 0 N–H and O–H groups in total. The predicted octanol–water partition coefficient (Wildman–Crippen LogP) is 3.79. The maximum absolute atomic E-state index is 5.44. The van der Waals surface area contributed by atoms with Crippen molar-refractivity contribution in [2.75, 3.05) is 0 Å². The van der Waals surface area contributed by atoms with Crippen molar-refractivity contribution in [3.63, 3.8) is 0 Å². The Kier molecular flexibility index (Phi) is 4.18. The summed E-state index contributed by atoms with van der Waals surface area (Å²) in [7, 11) is 0. The number of ether oxygens (including phenoxy) is 1. The van der Waals surface area contributed by atoms with Crippen molar-refractivity contribution < 1.29 is 4.74 Å². The summed E-state index contributed by atoms with van der Waals surface area (Å²) in [5.74, 6) is 0. The van der Waals surface area contributed by atoms with Gasteiger partial charge < -0.3 is 4.74 Å². The van der Waals surface area contributed by atoms with Crippen LogP contribution in [0.4, 0.5) is 0 Å². The molecule has 0 spiro atoms. The fourth-order valence-electron chi connectivity index (χ4n) is 0.532. The first-order valence-corrected chi connectivity index (χ1v) is 4.94. The molecule has 0 fully saturated rings. The fraction of sp³-hybridized carbons (Fsp3) is 0.833. The lowest BCUT2D eigenvalue weighted by molar-refractivity contribution is -0.00450. The molecule has 0 amide bonds. The third-order valence-electron chi connectivity index (χ3n) is 0.839. The SMILES string of the molecule is CC(C)(C)C.CC(C)(C)OC1C=C1. The normalized spacial score (nSPS) is 16.5. The smallest absolute Gasteiger partial charge is 0.0946 e. The van der Waals surface area contributed by atoms with Gasteiger partial charge in [-0.25, -0.2) is 0 Å². The molecule has 0 aromatic heterocycles. The van der Waals surface area contributed by atoms with Gasteiger partial charge in [0, 0.05) is 0 Å². The Hall–Kier alpha value is -0.300. The van der Waals surface area contributed by atoms with E-state index in [1.165, 1.54) is 0 Å². The Bertz CT molecular complexity index is 155. The van der Waals surface area contributed by atoms with Gasteiger partial charge in [0.15, 0.2) is 0 Å². The van der Waals surface area contributed by atoms with Crippen molar-refractivity contribution in [3.8, 4) is 0 Å². The molecule has 0 heterocycles. The van der Waals surface area contributed by atoms with Crippen LogP contribution in [0, 0.1) is 5.41 Å². The van der Waals surface area contributed by atoms with Crippen LogP contribution >= 0.6 is 0 Å². The molecule has 0 atom stereocenters. The van der Waals surface area contributed by atoms with Crippen LogP contribution < -0.4 is 0 Å². The number of rotatable bonds is 1. The number of hydrogen-bond acceptors (Lipinski definition) is 1. The minimum Gasteiger partial charge on any atom is -0.364 e. The van der Waals surface area contributed by atoms with Gasteiger partial charge in [-0.05, 0) is 26.2 Å². The lowest BCUT2D eigenvalue weighted by Crippen LogP contribution is -2.20. The molecule has 1 aliphatic carbocycles. The molecule has 1 nitrogen and oxygen atoms in total. The van der Waals surface area contributed by atoms with Gasteiger partial charge in [-0.1, -0.05) is 39.8 Å². The molecule has 0 aromatic rings. The van der Waals surface area contributed by atoms with E-state index in [0.717, 1.165) is 0 Å². The van der Waals surface area contributed by atoms with Crippen LogP contribution in [0.1, 0.15) is 48.5 Å². The molecule has 0 saturated carbocycles. The Labute approximate surface area is 83.2 Å². The van der Waals surface area contributed by atoms with E-state index in [1.807, 2.05) is 12.2 Å². The van der Waals surface area contributed by atoms with Crippen molar-refractivity contribution in [2.45, 2.75) is 60.2 Å². The summed E-state index contributed by atoms with van der Waals surface area (Å²) < 4.78 is 5.44. The maximum Gasteiger partial charge on any atom is 0.0946 e. The van der Waals surface area contributed by atoms with Gasteiger partial charge >= 0.3 is 0 Å². The molecule has 78 valence electrons. The summed E-state index contributed by atoms with van der Waals surface area (Å²) >= 11 is 0. The molecule has 0 bridgehead atoms. The zero-order valence-corrected chi connectivity index (χ0v) is 10.1. The van der Waals surface area contributed by atoms with Gasteiger partial charge in [0.2, 0.25) is 0 Å². The molecule has 0 saturated heterocycles. The summed E-state index contributed by atoms with van der Waals surface area (Å²) in [5.41, 5.74) is 0.522. The quantitative estimate of drug-likeness (QED) is 0.563. The Balaban J connectivity index is 0.000000252. The van der Waals surface area contributed by atoms with Crippen molar-refractivity contribution >= 4 is 0 Å². The maximum atomic E-state index is 5.44. The first kappa shape index (κ1) is 12.7. The van der Waals surface area contributed by atoms with E-state index in [9.17, 15) is 0 Å². The van der Waals surface area contributed by atoms with Crippen molar-refractivity contribution in [1.82, 2.24) is 0 Å². The standard InChI is InChI=1S/C7H12O.C5H12/c1-7(2,3)8-6-4-5-6;1-5(2,3)4/h4-6H,1-3H3;1-4H3. The molecule has 0 aromatic carbocycles. The van der Waals surface area contributed by atoms with Gasteiger partial charge in [-0.3, -0.25) is 0 Å². The molecule has 1 heteroatoms. The van der Waals surface area contributed by atoms with Crippen molar-refractivity contribution in [1.29, 1.82) is 0 Å². The van der Waals surface area contributed by atoms with Crippen LogP contribution in [0.15, 0.2) is 12.2 Å². The summed E-state index contributed by atoms with van der Waals surface area (Å²) in [6, 6.07) is 0. The predicted molar refractivity (Wildman–Crippen MR) is 58.9 cm³/mol. The highest BCUT2D eigenvalue weighted by atomic mass is 16.5. The summed E-state index contributed by atoms with van der Waals surface area (Å²) in [6.45, 7) is 14.9. The van der Waals surface area contributed by atoms with Crippen LogP contribution in [0.3, 0.4) is 0 Å². The lowest BCUT2D eigenvalue weighted by atomic mass is 10.0. The highest BCUT2D eigenvalue weighted by Crippen LogP contribution is 2.18. The molecule has 13 heavy (non-hydrogen) atoms. The zero-order valence-electron chi connectivity index (χ0n) is 10.1. The van der Waals surface area contributed by atoms with E-state index in [2.05, 4.69) is 48.5 Å². The summed E-state index contributed by atoms with van der Waals surface area (Å²) in [6.07, 6.45) is 4.44. The second-order valence-corrected chi connectivity index (χ2v) is 6.08. The van der Waals surface area contributed by atoms with Crippen LogP contribution in [0.25, 0.3) is 0 Å². The number of hydrogen-bond donors (Lipinski definition) is 0. The second kappa shape index (κ2) is 4.28. The molecule has 0 radical (unpaired) electrons. The van der Waals surface area contributed by atoms with E-state index < -0.39 is 0 Å². The van der Waals surface area contributed by atoms with Gasteiger partial charge in [0.25, 0.3) is 0 Å². The van der Waals surface area contributed by atoms with E-state index in [1.54, 1.807) is 0 Å². The highest BCUT2D eigenvalue weighted by Gasteiger charge is 2.19. The van der Waals surface area contributed by atoms with E-state index in [-0.39, 0.29) is 5.60 Å². The Morgan fingerprint density at radius 3 is 1.23 bits per heavy atom. The van der Waals surface area contributed by atoms with Crippen molar-refractivity contribution in [3.05, 3.63) is 12.2 Å². The van der Waals surface area contributed by atoms with Crippen LogP contribution in [-0.2, 0) is 4.74 Å². The topological polar surface area (TPSA) is 9.23 Å². The van der Waals surface area contributed by atoms with Crippen LogP contribution in [0.5, 0.6) is 0 Å². The third kappa shape index (κ3) is 18.6. The van der Waals surface area contributed by atoms with E-state index in [0.29, 0.717) is 11.5 Å². The molecular formula is C12H24O. The summed E-state index contributed by atoms with van der Waals surface area (Å²) in [5, 5.41) is 0. The Morgan fingerprint density at radius 1 is 0.846 bits per heavy atom. The van der Waals surface area contributed by atoms with Gasteiger partial charge in [0.1, 0.15) is 0 Å². The van der Waals surface area contributed by atoms with E-state index >= 15 is 0 Å². The monoisotopic (exact) mass is 184 g/mol. The average Bonchev–Trinajstić information content (AvgIpc) is 2.38. The first-order valence-electron chi connectivity index (χ1n) is 4.94. The first-order chi connectivity index (χ1) is 5.58. The second-order valence-electron chi connectivity index (χ2n) is 6.08. The molecular weight excluding hydrogens is 160 g/mol. The molecule has 0 aliphatic heterocycles. The minimum absolute atomic E-state index is 0.0220. The third-order valence-corrected chi connectivity index (χ3v) is 0.839. The molecule has 1 rings (SSSR count). The highest BCUT2D eigenvalue weighted by molar-refractivity contribution is 5.16. The van der Waals surface area contributed by atoms with E-state index in [4.69, 9.17) is 4.74 Å². The summed E-state index contributed by atoms with van der Waals surface area (Å²) in [4.78, 5) is 0. The fourth-order valence-corrected chi connectivity index (χ4v) is 0.532.